The molecule has 62 valence electrons. The van der Waals surface area contributed by atoms with Crippen LogP contribution in [0.5, 0.6) is 0 Å². The minimum Gasteiger partial charge on any atom is -0.387 e. The van der Waals surface area contributed by atoms with E-state index in [4.69, 9.17) is 6.42 Å². The highest BCUT2D eigenvalue weighted by Gasteiger charge is 2.09. The van der Waals surface area contributed by atoms with Crippen molar-refractivity contribution in [2.75, 3.05) is 0 Å². The van der Waals surface area contributed by atoms with Crippen LogP contribution in [0.15, 0.2) is 24.3 Å². The second-order valence-corrected chi connectivity index (χ2v) is 2.45. The van der Waals surface area contributed by atoms with Gasteiger partial charge in [0.15, 0.2) is 0 Å². The van der Waals surface area contributed by atoms with E-state index < -0.39 is 11.9 Å². The molecule has 0 heterocycles. The van der Waals surface area contributed by atoms with Crippen molar-refractivity contribution in [1.29, 1.82) is 0 Å². The molecule has 0 bridgehead atoms. The van der Waals surface area contributed by atoms with Gasteiger partial charge < -0.3 is 5.11 Å². The van der Waals surface area contributed by atoms with Gasteiger partial charge >= 0.3 is 0 Å². The van der Waals surface area contributed by atoms with Gasteiger partial charge in [-0.25, -0.2) is 4.39 Å². The molecule has 1 atom stereocenters. The SMILES string of the molecule is C#CC[C@H](O)c1ccccc1F. The van der Waals surface area contributed by atoms with E-state index in [-0.39, 0.29) is 12.0 Å². The van der Waals surface area contributed by atoms with Crippen LogP contribution in [0.1, 0.15) is 18.1 Å². The predicted molar refractivity (Wildman–Crippen MR) is 44.8 cm³/mol. The molecule has 0 aromatic heterocycles. The molecule has 0 aliphatic carbocycles. The maximum absolute atomic E-state index is 12.9. The van der Waals surface area contributed by atoms with E-state index in [9.17, 15) is 9.50 Å². The molecular formula is C10H9FO. The molecule has 0 fully saturated rings. The molecule has 1 rings (SSSR count). The summed E-state index contributed by atoms with van der Waals surface area (Å²) in [7, 11) is 0. The predicted octanol–water partition coefficient (Wildman–Crippen LogP) is 1.88. The molecule has 0 aliphatic heterocycles. The zero-order valence-corrected chi connectivity index (χ0v) is 6.50. The zero-order chi connectivity index (χ0) is 8.97. The Bertz CT molecular complexity index is 301. The van der Waals surface area contributed by atoms with Crippen molar-refractivity contribution >= 4 is 0 Å². The number of hydrogen-bond donors (Lipinski definition) is 1. The van der Waals surface area contributed by atoms with Gasteiger partial charge in [-0.15, -0.1) is 12.3 Å². The fourth-order valence-corrected chi connectivity index (χ4v) is 0.967. The number of rotatable bonds is 2. The van der Waals surface area contributed by atoms with Crippen LogP contribution in [0, 0.1) is 18.2 Å². The molecule has 1 nitrogen and oxygen atoms in total. The first kappa shape index (κ1) is 8.76. The Morgan fingerprint density at radius 1 is 1.50 bits per heavy atom. The molecule has 0 saturated carbocycles. The van der Waals surface area contributed by atoms with Crippen LogP contribution in [-0.2, 0) is 0 Å². The fourth-order valence-electron chi connectivity index (χ4n) is 0.967. The molecule has 12 heavy (non-hydrogen) atoms. The van der Waals surface area contributed by atoms with E-state index in [0.717, 1.165) is 0 Å². The van der Waals surface area contributed by atoms with Gasteiger partial charge in [-0.05, 0) is 6.07 Å². The van der Waals surface area contributed by atoms with Crippen molar-refractivity contribution in [3.8, 4) is 12.3 Å². The minimum atomic E-state index is -0.892. The second-order valence-electron chi connectivity index (χ2n) is 2.45. The lowest BCUT2D eigenvalue weighted by Gasteiger charge is -2.07. The van der Waals surface area contributed by atoms with Gasteiger partial charge in [-0.1, -0.05) is 18.2 Å². The summed E-state index contributed by atoms with van der Waals surface area (Å²) >= 11 is 0. The number of hydrogen-bond acceptors (Lipinski definition) is 1. The molecule has 0 saturated heterocycles. The highest BCUT2D eigenvalue weighted by atomic mass is 19.1. The van der Waals surface area contributed by atoms with Crippen molar-refractivity contribution in [1.82, 2.24) is 0 Å². The minimum absolute atomic E-state index is 0.140. The van der Waals surface area contributed by atoms with Gasteiger partial charge in [-0.3, -0.25) is 0 Å². The third-order valence-electron chi connectivity index (χ3n) is 1.58. The summed E-state index contributed by atoms with van der Waals surface area (Å²) in [5.41, 5.74) is 0.260. The van der Waals surface area contributed by atoms with Gasteiger partial charge in [0.2, 0.25) is 0 Å². The van der Waals surface area contributed by atoms with Crippen molar-refractivity contribution in [3.63, 3.8) is 0 Å². The van der Waals surface area contributed by atoms with E-state index in [1.165, 1.54) is 12.1 Å². The maximum atomic E-state index is 12.9. The summed E-state index contributed by atoms with van der Waals surface area (Å²) < 4.78 is 12.9. The van der Waals surface area contributed by atoms with E-state index in [1.54, 1.807) is 12.1 Å². The van der Waals surface area contributed by atoms with Crippen LogP contribution in [0.3, 0.4) is 0 Å². The molecule has 0 unspecified atom stereocenters. The summed E-state index contributed by atoms with van der Waals surface area (Å²) in [5.74, 6) is 1.86. The van der Waals surface area contributed by atoms with Crippen molar-refractivity contribution < 1.29 is 9.50 Å². The molecule has 0 aliphatic rings. The number of halogens is 1. The number of aliphatic hydroxyl groups excluding tert-OH is 1. The summed E-state index contributed by atoms with van der Waals surface area (Å²) in [4.78, 5) is 0. The standard InChI is InChI=1S/C10H9FO/c1-2-5-10(12)8-6-3-4-7-9(8)11/h1,3-4,6-7,10,12H,5H2/t10-/m0/s1. The monoisotopic (exact) mass is 164 g/mol. The lowest BCUT2D eigenvalue weighted by Crippen LogP contribution is -1.98. The van der Waals surface area contributed by atoms with E-state index in [0.29, 0.717) is 0 Å². The summed E-state index contributed by atoms with van der Waals surface area (Å²) in [5, 5.41) is 9.32. The molecule has 1 aromatic carbocycles. The lowest BCUT2D eigenvalue weighted by molar-refractivity contribution is 0.179. The van der Waals surface area contributed by atoms with E-state index in [1.807, 2.05) is 0 Å². The normalized spacial score (nSPS) is 12.1. The average Bonchev–Trinajstić information content (AvgIpc) is 2.05. The highest BCUT2D eigenvalue weighted by Crippen LogP contribution is 2.18. The zero-order valence-electron chi connectivity index (χ0n) is 6.50. The van der Waals surface area contributed by atoms with Crippen LogP contribution >= 0.6 is 0 Å². The fraction of sp³-hybridized carbons (Fsp3) is 0.200. The topological polar surface area (TPSA) is 20.2 Å². The van der Waals surface area contributed by atoms with Crippen LogP contribution in [0.2, 0.25) is 0 Å². The molecule has 1 N–H and O–H groups in total. The summed E-state index contributed by atoms with van der Waals surface area (Å²) in [6.45, 7) is 0. The molecule has 0 spiro atoms. The summed E-state index contributed by atoms with van der Waals surface area (Å²) in [6, 6.07) is 6.06. The largest absolute Gasteiger partial charge is 0.387 e. The quantitative estimate of drug-likeness (QED) is 0.662. The van der Waals surface area contributed by atoms with Gasteiger partial charge in [-0.2, -0.15) is 0 Å². The van der Waals surface area contributed by atoms with Crippen LogP contribution in [-0.4, -0.2) is 5.11 Å². The second kappa shape index (κ2) is 3.89. The Labute approximate surface area is 70.9 Å². The van der Waals surface area contributed by atoms with Gasteiger partial charge in [0.1, 0.15) is 5.82 Å². The molecule has 1 aromatic rings. The summed E-state index contributed by atoms with van der Waals surface area (Å²) in [6.07, 6.45) is 4.23. The van der Waals surface area contributed by atoms with Gasteiger partial charge in [0, 0.05) is 12.0 Å². The van der Waals surface area contributed by atoms with Crippen molar-refractivity contribution in [2.45, 2.75) is 12.5 Å². The third-order valence-corrected chi connectivity index (χ3v) is 1.58. The van der Waals surface area contributed by atoms with Crippen LogP contribution in [0.25, 0.3) is 0 Å². The first-order valence-electron chi connectivity index (χ1n) is 3.61. The smallest absolute Gasteiger partial charge is 0.129 e. The Balaban J connectivity index is 2.88. The van der Waals surface area contributed by atoms with Crippen molar-refractivity contribution in [2.24, 2.45) is 0 Å². The Morgan fingerprint density at radius 3 is 2.75 bits per heavy atom. The number of terminal acetylenes is 1. The Morgan fingerprint density at radius 2 is 2.17 bits per heavy atom. The number of benzene rings is 1. The highest BCUT2D eigenvalue weighted by molar-refractivity contribution is 5.20. The van der Waals surface area contributed by atoms with Gasteiger partial charge in [0.05, 0.1) is 6.10 Å². The van der Waals surface area contributed by atoms with Crippen LogP contribution in [0.4, 0.5) is 4.39 Å². The lowest BCUT2D eigenvalue weighted by atomic mass is 10.1. The van der Waals surface area contributed by atoms with Crippen LogP contribution < -0.4 is 0 Å². The Hall–Kier alpha value is -1.33. The molecular weight excluding hydrogens is 155 g/mol. The van der Waals surface area contributed by atoms with Gasteiger partial charge in [0.25, 0.3) is 0 Å². The average molecular weight is 164 g/mol. The first-order chi connectivity index (χ1) is 5.75. The Kier molecular flexibility index (Phi) is 2.84. The maximum Gasteiger partial charge on any atom is 0.129 e. The molecule has 0 radical (unpaired) electrons. The third kappa shape index (κ3) is 1.84. The molecule has 0 amide bonds. The number of aliphatic hydroxyl groups is 1. The first-order valence-corrected chi connectivity index (χ1v) is 3.61. The van der Waals surface area contributed by atoms with E-state index in [2.05, 4.69) is 5.92 Å². The van der Waals surface area contributed by atoms with Crippen molar-refractivity contribution in [3.05, 3.63) is 35.6 Å². The van der Waals surface area contributed by atoms with E-state index >= 15 is 0 Å². The molecule has 2 heteroatoms.